The van der Waals surface area contributed by atoms with Crippen LogP contribution in [0.25, 0.3) is 0 Å². The van der Waals surface area contributed by atoms with Crippen molar-refractivity contribution >= 4 is 15.7 Å². The fraction of sp³-hybridized carbons (Fsp3) is 0.500. The number of nitrogens with zero attached hydrogens (tertiary/aromatic N) is 2. The van der Waals surface area contributed by atoms with Crippen molar-refractivity contribution in [3.63, 3.8) is 0 Å². The molecule has 116 valence electrons. The molecule has 8 nitrogen and oxygen atoms in total. The molecule has 1 aliphatic heterocycles. The first kappa shape index (κ1) is 15.7. The van der Waals surface area contributed by atoms with E-state index in [1.165, 1.54) is 19.2 Å². The molecule has 0 radical (unpaired) electrons. The fourth-order valence-electron chi connectivity index (χ4n) is 2.13. The molecule has 21 heavy (non-hydrogen) atoms. The molecule has 0 unspecified atom stereocenters. The van der Waals surface area contributed by atoms with Crippen LogP contribution in [0.4, 0.5) is 5.69 Å². The molecule has 1 aliphatic rings. The summed E-state index contributed by atoms with van der Waals surface area (Å²) in [6.45, 7) is 1.75. The Hall–Kier alpha value is -1.71. The van der Waals surface area contributed by atoms with Crippen LogP contribution in [-0.2, 0) is 10.0 Å². The van der Waals surface area contributed by atoms with Crippen molar-refractivity contribution in [2.45, 2.75) is 23.8 Å². The van der Waals surface area contributed by atoms with E-state index in [4.69, 9.17) is 4.74 Å². The number of benzene rings is 1. The molecule has 1 aromatic rings. The minimum Gasteiger partial charge on any atom is -0.490 e. The molecule has 9 heteroatoms. The van der Waals surface area contributed by atoms with E-state index in [-0.39, 0.29) is 23.7 Å². The first-order valence-electron chi connectivity index (χ1n) is 6.28. The number of ether oxygens (including phenoxy) is 1. The second kappa shape index (κ2) is 5.24. The van der Waals surface area contributed by atoms with Gasteiger partial charge in [0, 0.05) is 19.2 Å². The largest absolute Gasteiger partial charge is 0.490 e. The third kappa shape index (κ3) is 2.71. The number of aliphatic hydroxyl groups is 1. The lowest BCUT2D eigenvalue weighted by molar-refractivity contribution is -0.386. The highest BCUT2D eigenvalue weighted by Crippen LogP contribution is 2.34. The van der Waals surface area contributed by atoms with Crippen molar-refractivity contribution in [1.82, 2.24) is 4.31 Å². The normalized spacial score (nSPS) is 18.0. The summed E-state index contributed by atoms with van der Waals surface area (Å²) < 4.78 is 30.6. The van der Waals surface area contributed by atoms with Gasteiger partial charge in [0.25, 0.3) is 0 Å². The van der Waals surface area contributed by atoms with Gasteiger partial charge < -0.3 is 9.84 Å². The van der Waals surface area contributed by atoms with E-state index in [0.29, 0.717) is 6.42 Å². The monoisotopic (exact) mass is 316 g/mol. The van der Waals surface area contributed by atoms with Crippen molar-refractivity contribution in [1.29, 1.82) is 0 Å². The Bertz CT molecular complexity index is 666. The van der Waals surface area contributed by atoms with Crippen LogP contribution in [0.2, 0.25) is 0 Å². The number of methoxy groups -OCH3 is 1. The van der Waals surface area contributed by atoms with E-state index in [9.17, 15) is 23.6 Å². The second-order valence-corrected chi connectivity index (χ2v) is 6.88. The number of sulfonamides is 1. The van der Waals surface area contributed by atoms with Crippen LogP contribution in [0, 0.1) is 10.1 Å². The van der Waals surface area contributed by atoms with Gasteiger partial charge in [-0.1, -0.05) is 6.92 Å². The summed E-state index contributed by atoms with van der Waals surface area (Å²) in [5, 5.41) is 20.8. The van der Waals surface area contributed by atoms with E-state index < -0.39 is 26.2 Å². The van der Waals surface area contributed by atoms with Gasteiger partial charge in [0.05, 0.1) is 22.5 Å². The molecular weight excluding hydrogens is 300 g/mol. The van der Waals surface area contributed by atoms with Gasteiger partial charge in [-0.2, -0.15) is 4.31 Å². The standard InChI is InChI=1S/C12H16N2O6S/c1-3-12(15)7-13(8-12)21(18,19)9-4-5-11(20-2)10(6-9)14(16)17/h4-6,15H,3,7-8H2,1-2H3. The molecule has 1 heterocycles. The summed E-state index contributed by atoms with van der Waals surface area (Å²) in [6, 6.07) is 3.47. The van der Waals surface area contributed by atoms with Crippen LogP contribution in [0.5, 0.6) is 5.75 Å². The minimum atomic E-state index is -3.85. The average Bonchev–Trinajstić information content (AvgIpc) is 2.42. The lowest BCUT2D eigenvalue weighted by Crippen LogP contribution is -2.62. The van der Waals surface area contributed by atoms with Crippen LogP contribution in [0.1, 0.15) is 13.3 Å². The van der Waals surface area contributed by atoms with Crippen molar-refractivity contribution in [3.8, 4) is 5.75 Å². The van der Waals surface area contributed by atoms with E-state index in [1.54, 1.807) is 6.92 Å². The first-order chi connectivity index (χ1) is 9.73. The highest BCUT2D eigenvalue weighted by molar-refractivity contribution is 7.89. The SMILES string of the molecule is CCC1(O)CN(S(=O)(=O)c2ccc(OC)c([N+](=O)[O-])c2)C1. The van der Waals surface area contributed by atoms with E-state index in [2.05, 4.69) is 0 Å². The van der Waals surface area contributed by atoms with E-state index in [0.717, 1.165) is 10.4 Å². The van der Waals surface area contributed by atoms with Crippen molar-refractivity contribution < 1.29 is 23.2 Å². The predicted octanol–water partition coefficient (Wildman–Crippen LogP) is 0.749. The van der Waals surface area contributed by atoms with Crippen molar-refractivity contribution in [2.75, 3.05) is 20.2 Å². The van der Waals surface area contributed by atoms with Crippen LogP contribution in [0.15, 0.2) is 23.1 Å². The molecule has 0 saturated carbocycles. The maximum Gasteiger partial charge on any atom is 0.312 e. The van der Waals surface area contributed by atoms with Crippen LogP contribution < -0.4 is 4.74 Å². The lowest BCUT2D eigenvalue weighted by atomic mass is 9.94. The number of nitro groups is 1. The van der Waals surface area contributed by atoms with Gasteiger partial charge in [-0.05, 0) is 18.6 Å². The van der Waals surface area contributed by atoms with Crippen molar-refractivity contribution in [3.05, 3.63) is 28.3 Å². The quantitative estimate of drug-likeness (QED) is 0.634. The first-order valence-corrected chi connectivity index (χ1v) is 7.72. The summed E-state index contributed by atoms with van der Waals surface area (Å²) in [4.78, 5) is 10.1. The van der Waals surface area contributed by atoms with Gasteiger partial charge in [-0.25, -0.2) is 8.42 Å². The Labute approximate surface area is 122 Å². The molecule has 2 rings (SSSR count). The summed E-state index contributed by atoms with van der Waals surface area (Å²) in [7, 11) is -2.58. The highest BCUT2D eigenvalue weighted by Gasteiger charge is 2.46. The van der Waals surface area contributed by atoms with Gasteiger partial charge in [0.2, 0.25) is 10.0 Å². The summed E-state index contributed by atoms with van der Waals surface area (Å²) >= 11 is 0. The van der Waals surface area contributed by atoms with Crippen LogP contribution in [-0.4, -0.2) is 48.6 Å². The maximum absolute atomic E-state index is 12.3. The second-order valence-electron chi connectivity index (χ2n) is 4.94. The molecule has 1 saturated heterocycles. The number of rotatable bonds is 5. The number of β-amino-alcohol motifs (C(OH)–C–C–N with tert-alkyl or cyclic N) is 1. The van der Waals surface area contributed by atoms with Gasteiger partial charge in [-0.15, -0.1) is 0 Å². The van der Waals surface area contributed by atoms with E-state index in [1.807, 2.05) is 0 Å². The molecule has 0 aliphatic carbocycles. The zero-order valence-electron chi connectivity index (χ0n) is 11.6. The number of hydrogen-bond acceptors (Lipinski definition) is 6. The van der Waals surface area contributed by atoms with Gasteiger partial charge in [0.1, 0.15) is 0 Å². The summed E-state index contributed by atoms with van der Waals surface area (Å²) in [5.74, 6) is -0.00683. The Morgan fingerprint density at radius 2 is 2.10 bits per heavy atom. The molecule has 0 aromatic heterocycles. The minimum absolute atomic E-state index is 0.00683. The topological polar surface area (TPSA) is 110 Å². The van der Waals surface area contributed by atoms with Gasteiger partial charge in [0.15, 0.2) is 5.75 Å². The Balaban J connectivity index is 2.34. The third-order valence-electron chi connectivity index (χ3n) is 3.58. The smallest absolute Gasteiger partial charge is 0.312 e. The Morgan fingerprint density at radius 1 is 1.48 bits per heavy atom. The van der Waals surface area contributed by atoms with Crippen LogP contribution in [0.3, 0.4) is 0 Å². The summed E-state index contributed by atoms with van der Waals surface area (Å²) in [5.41, 5.74) is -1.42. The van der Waals surface area contributed by atoms with Gasteiger partial charge in [-0.3, -0.25) is 10.1 Å². The molecular formula is C12H16N2O6S. The zero-order valence-corrected chi connectivity index (χ0v) is 12.5. The van der Waals surface area contributed by atoms with Crippen LogP contribution >= 0.6 is 0 Å². The summed E-state index contributed by atoms with van der Waals surface area (Å²) in [6.07, 6.45) is 0.446. The average molecular weight is 316 g/mol. The molecule has 0 bridgehead atoms. The predicted molar refractivity (Wildman–Crippen MR) is 73.6 cm³/mol. The highest BCUT2D eigenvalue weighted by atomic mass is 32.2. The van der Waals surface area contributed by atoms with Crippen molar-refractivity contribution in [2.24, 2.45) is 0 Å². The van der Waals surface area contributed by atoms with Gasteiger partial charge >= 0.3 is 5.69 Å². The molecule has 0 atom stereocenters. The molecule has 0 amide bonds. The molecule has 1 aromatic carbocycles. The number of hydrogen-bond donors (Lipinski definition) is 1. The number of nitro benzene ring substituents is 1. The fourth-order valence-corrected chi connectivity index (χ4v) is 3.75. The van der Waals surface area contributed by atoms with E-state index >= 15 is 0 Å². The third-order valence-corrected chi connectivity index (χ3v) is 5.37. The molecule has 1 fully saturated rings. The molecule has 1 N–H and O–H groups in total. The lowest BCUT2D eigenvalue weighted by Gasteiger charge is -2.44. The molecule has 0 spiro atoms. The Kier molecular flexibility index (Phi) is 3.91. The zero-order chi connectivity index (χ0) is 15.8. The Morgan fingerprint density at radius 3 is 2.57 bits per heavy atom. The maximum atomic E-state index is 12.3.